The van der Waals surface area contributed by atoms with Gasteiger partial charge >= 0.3 is 5.97 Å². The summed E-state index contributed by atoms with van der Waals surface area (Å²) in [6.45, 7) is 3.14. The average Bonchev–Trinajstić information content (AvgIpc) is 2.97. The number of carboxylic acids is 1. The molecule has 7 nitrogen and oxygen atoms in total. The van der Waals surface area contributed by atoms with Crippen molar-refractivity contribution in [3.05, 3.63) is 42.2 Å². The van der Waals surface area contributed by atoms with Gasteiger partial charge in [-0.15, -0.1) is 5.10 Å². The van der Waals surface area contributed by atoms with Crippen molar-refractivity contribution in [3.8, 4) is 5.69 Å². The quantitative estimate of drug-likeness (QED) is 0.863. The van der Waals surface area contributed by atoms with Gasteiger partial charge in [-0.25, -0.2) is 4.79 Å². The lowest BCUT2D eigenvalue weighted by Crippen LogP contribution is -2.51. The molecule has 1 aromatic heterocycles. The number of aromatic nitrogens is 3. The molecule has 0 radical (unpaired) electrons. The lowest BCUT2D eigenvalue weighted by atomic mass is 9.99. The summed E-state index contributed by atoms with van der Waals surface area (Å²) in [5.74, 6) is -1.65. The summed E-state index contributed by atoms with van der Waals surface area (Å²) in [7, 11) is 0. The molecule has 1 heterocycles. The van der Waals surface area contributed by atoms with E-state index in [9.17, 15) is 9.59 Å². The predicted molar refractivity (Wildman–Crippen MR) is 75.2 cm³/mol. The lowest BCUT2D eigenvalue weighted by molar-refractivity contribution is -0.143. The minimum atomic E-state index is -1.33. The molecule has 0 saturated carbocycles. The van der Waals surface area contributed by atoms with E-state index in [4.69, 9.17) is 5.11 Å². The van der Waals surface area contributed by atoms with Crippen molar-refractivity contribution < 1.29 is 14.7 Å². The van der Waals surface area contributed by atoms with Crippen LogP contribution in [0.3, 0.4) is 0 Å². The normalized spacial score (nSPS) is 13.4. The van der Waals surface area contributed by atoms with Gasteiger partial charge in [0.1, 0.15) is 5.54 Å². The third-order valence-electron chi connectivity index (χ3n) is 3.28. The number of aliphatic carboxylic acids is 1. The van der Waals surface area contributed by atoms with E-state index < -0.39 is 17.4 Å². The van der Waals surface area contributed by atoms with E-state index in [0.717, 1.165) is 0 Å². The molecular weight excluding hydrogens is 272 g/mol. The Bertz CT molecular complexity index is 653. The van der Waals surface area contributed by atoms with Crippen LogP contribution in [0.25, 0.3) is 5.69 Å². The van der Waals surface area contributed by atoms with Crippen molar-refractivity contribution in [1.29, 1.82) is 0 Å². The molecule has 1 unspecified atom stereocenters. The fourth-order valence-electron chi connectivity index (χ4n) is 1.66. The molecule has 0 bridgehead atoms. The topological polar surface area (TPSA) is 97.1 Å². The summed E-state index contributed by atoms with van der Waals surface area (Å²) in [5.41, 5.74) is -0.541. The fourth-order valence-corrected chi connectivity index (χ4v) is 1.66. The first kappa shape index (κ1) is 14.7. The molecule has 0 aliphatic rings. The number of nitrogens with one attached hydrogen (secondary N) is 1. The molecule has 1 atom stereocenters. The van der Waals surface area contributed by atoms with Crippen LogP contribution in [0.1, 0.15) is 30.8 Å². The number of hydrogen-bond donors (Lipinski definition) is 2. The SMILES string of the molecule is CCC(C)(NC(=O)c1cnn(-c2ccccc2)n1)C(=O)O. The maximum absolute atomic E-state index is 12.1. The van der Waals surface area contributed by atoms with Gasteiger partial charge in [0, 0.05) is 0 Å². The van der Waals surface area contributed by atoms with Crippen molar-refractivity contribution in [3.63, 3.8) is 0 Å². The Labute approximate surface area is 121 Å². The predicted octanol–water partition coefficient (Wildman–Crippen LogP) is 1.25. The highest BCUT2D eigenvalue weighted by atomic mass is 16.4. The molecule has 0 aliphatic carbocycles. The number of rotatable bonds is 5. The maximum atomic E-state index is 12.1. The largest absolute Gasteiger partial charge is 0.480 e. The molecule has 2 N–H and O–H groups in total. The van der Waals surface area contributed by atoms with Crippen LogP contribution in [0.4, 0.5) is 0 Å². The first-order valence-electron chi connectivity index (χ1n) is 6.50. The fraction of sp³-hybridized carbons (Fsp3) is 0.286. The van der Waals surface area contributed by atoms with Gasteiger partial charge in [-0.05, 0) is 25.5 Å². The Morgan fingerprint density at radius 3 is 2.57 bits per heavy atom. The Morgan fingerprint density at radius 2 is 2.00 bits per heavy atom. The summed E-state index contributed by atoms with van der Waals surface area (Å²) in [6.07, 6.45) is 1.57. The van der Waals surface area contributed by atoms with Gasteiger partial charge in [0.25, 0.3) is 5.91 Å². The molecule has 7 heteroatoms. The molecule has 21 heavy (non-hydrogen) atoms. The van der Waals surface area contributed by atoms with Gasteiger partial charge in [-0.2, -0.15) is 9.90 Å². The van der Waals surface area contributed by atoms with E-state index in [-0.39, 0.29) is 12.1 Å². The number of hydrogen-bond acceptors (Lipinski definition) is 4. The van der Waals surface area contributed by atoms with E-state index in [2.05, 4.69) is 15.5 Å². The molecule has 0 fully saturated rings. The van der Waals surface area contributed by atoms with Gasteiger partial charge < -0.3 is 10.4 Å². The summed E-state index contributed by atoms with van der Waals surface area (Å²) in [5, 5.41) is 19.7. The molecule has 1 aromatic carbocycles. The highest BCUT2D eigenvalue weighted by Crippen LogP contribution is 2.11. The number of carbonyl (C=O) groups is 2. The molecule has 110 valence electrons. The number of carbonyl (C=O) groups excluding carboxylic acids is 1. The van der Waals surface area contributed by atoms with Crippen LogP contribution >= 0.6 is 0 Å². The summed E-state index contributed by atoms with van der Waals surface area (Å²) in [4.78, 5) is 24.6. The van der Waals surface area contributed by atoms with Gasteiger partial charge in [-0.3, -0.25) is 4.79 Å². The number of carboxylic acid groups (broad SMARTS) is 1. The van der Waals surface area contributed by atoms with E-state index in [1.165, 1.54) is 17.9 Å². The highest BCUT2D eigenvalue weighted by Gasteiger charge is 2.33. The second-order valence-corrected chi connectivity index (χ2v) is 4.80. The summed E-state index contributed by atoms with van der Waals surface area (Å²) < 4.78 is 0. The van der Waals surface area contributed by atoms with Crippen LogP contribution in [0.2, 0.25) is 0 Å². The van der Waals surface area contributed by atoms with Crippen molar-refractivity contribution in [1.82, 2.24) is 20.3 Å². The lowest BCUT2D eigenvalue weighted by Gasteiger charge is -2.23. The molecular formula is C14H16N4O3. The van der Waals surface area contributed by atoms with E-state index in [1.54, 1.807) is 19.1 Å². The van der Waals surface area contributed by atoms with E-state index in [0.29, 0.717) is 5.69 Å². The Morgan fingerprint density at radius 1 is 1.33 bits per heavy atom. The first-order valence-corrected chi connectivity index (χ1v) is 6.50. The van der Waals surface area contributed by atoms with Crippen molar-refractivity contribution >= 4 is 11.9 Å². The van der Waals surface area contributed by atoms with Crippen molar-refractivity contribution in [2.24, 2.45) is 0 Å². The second kappa shape index (κ2) is 5.74. The molecule has 2 rings (SSSR count). The molecule has 0 saturated heterocycles. The Hall–Kier alpha value is -2.70. The smallest absolute Gasteiger partial charge is 0.329 e. The van der Waals surface area contributed by atoms with Gasteiger partial charge in [0.2, 0.25) is 0 Å². The third-order valence-corrected chi connectivity index (χ3v) is 3.28. The molecule has 0 aliphatic heterocycles. The van der Waals surface area contributed by atoms with Crippen LogP contribution < -0.4 is 5.32 Å². The molecule has 2 aromatic rings. The standard InChI is InChI=1S/C14H16N4O3/c1-3-14(2,13(20)21)16-12(19)11-9-15-18(17-11)10-7-5-4-6-8-10/h4-9H,3H2,1-2H3,(H,16,19)(H,20,21). The third kappa shape index (κ3) is 3.07. The Balaban J connectivity index is 2.18. The van der Waals surface area contributed by atoms with Gasteiger partial charge in [-0.1, -0.05) is 25.1 Å². The number of benzene rings is 1. The maximum Gasteiger partial charge on any atom is 0.329 e. The average molecular weight is 288 g/mol. The van der Waals surface area contributed by atoms with Crippen LogP contribution in [0.15, 0.2) is 36.5 Å². The first-order chi connectivity index (χ1) is 9.96. The van der Waals surface area contributed by atoms with E-state index in [1.807, 2.05) is 18.2 Å². The summed E-state index contributed by atoms with van der Waals surface area (Å²) in [6, 6.07) is 9.12. The summed E-state index contributed by atoms with van der Waals surface area (Å²) >= 11 is 0. The van der Waals surface area contributed by atoms with E-state index >= 15 is 0 Å². The van der Waals surface area contributed by atoms with Gasteiger partial charge in [0.05, 0.1) is 11.9 Å². The van der Waals surface area contributed by atoms with Crippen LogP contribution in [-0.4, -0.2) is 37.5 Å². The van der Waals surface area contributed by atoms with Crippen LogP contribution in [0.5, 0.6) is 0 Å². The number of para-hydroxylation sites is 1. The van der Waals surface area contributed by atoms with Crippen LogP contribution in [-0.2, 0) is 4.79 Å². The number of amides is 1. The minimum absolute atomic E-state index is 0.0692. The molecule has 1 amide bonds. The van der Waals surface area contributed by atoms with Gasteiger partial charge in [0.15, 0.2) is 5.69 Å². The zero-order valence-electron chi connectivity index (χ0n) is 11.8. The molecule has 0 spiro atoms. The monoisotopic (exact) mass is 288 g/mol. The zero-order valence-corrected chi connectivity index (χ0v) is 11.8. The van der Waals surface area contributed by atoms with Crippen molar-refractivity contribution in [2.45, 2.75) is 25.8 Å². The minimum Gasteiger partial charge on any atom is -0.480 e. The zero-order chi connectivity index (χ0) is 15.5. The van der Waals surface area contributed by atoms with Crippen LogP contribution in [0, 0.1) is 0 Å². The highest BCUT2D eigenvalue weighted by molar-refractivity contribution is 5.95. The Kier molecular flexibility index (Phi) is 4.02. The van der Waals surface area contributed by atoms with Crippen molar-refractivity contribution in [2.75, 3.05) is 0 Å². The second-order valence-electron chi connectivity index (χ2n) is 4.80. The number of nitrogens with zero attached hydrogens (tertiary/aromatic N) is 3.